The van der Waals surface area contributed by atoms with Crippen LogP contribution in [0.25, 0.3) is 6.08 Å². The van der Waals surface area contributed by atoms with Crippen LogP contribution in [0.5, 0.6) is 0 Å². The van der Waals surface area contributed by atoms with Crippen LogP contribution >= 0.6 is 0 Å². The first kappa shape index (κ1) is 17.7. The molecule has 1 aromatic carbocycles. The first-order chi connectivity index (χ1) is 11.5. The van der Waals surface area contributed by atoms with E-state index in [-0.39, 0.29) is 17.9 Å². The van der Waals surface area contributed by atoms with E-state index in [1.807, 2.05) is 0 Å². The summed E-state index contributed by atoms with van der Waals surface area (Å²) in [6.45, 7) is 2.63. The van der Waals surface area contributed by atoms with Crippen LogP contribution in [0.2, 0.25) is 0 Å². The van der Waals surface area contributed by atoms with Crippen molar-refractivity contribution in [1.82, 2.24) is 15.7 Å². The Morgan fingerprint density at radius 3 is 2.50 bits per heavy atom. The number of nitrogens with one attached hydrogen (secondary N) is 2. The fourth-order valence-corrected chi connectivity index (χ4v) is 2.72. The number of benzene rings is 1. The number of hydrogen-bond acceptors (Lipinski definition) is 4. The largest absolute Gasteiger partial charge is 0.353 e. The molecular formula is C17H21N3O4. The molecule has 0 unspecified atom stereocenters. The molecule has 0 aliphatic carbocycles. The molecule has 3 N–H and O–H groups in total. The van der Waals surface area contributed by atoms with Crippen LogP contribution in [0, 0.1) is 0 Å². The molecule has 0 atom stereocenters. The van der Waals surface area contributed by atoms with E-state index in [0.29, 0.717) is 24.2 Å². The Morgan fingerprint density at radius 2 is 1.88 bits per heavy atom. The van der Waals surface area contributed by atoms with Crippen LogP contribution in [0.15, 0.2) is 30.3 Å². The molecule has 0 spiro atoms. The molecule has 128 valence electrons. The molecule has 0 radical (unpaired) electrons. The quantitative estimate of drug-likeness (QED) is 0.434. The van der Waals surface area contributed by atoms with Gasteiger partial charge in [0.25, 0.3) is 11.8 Å². The summed E-state index contributed by atoms with van der Waals surface area (Å²) in [5, 5.41) is 11.4. The maximum atomic E-state index is 12.7. The summed E-state index contributed by atoms with van der Waals surface area (Å²) in [6, 6.07) is 7.09. The Kier molecular flexibility index (Phi) is 6.08. The Bertz CT molecular complexity index is 649. The molecule has 2 rings (SSSR count). The smallest absolute Gasteiger partial charge is 0.267 e. The van der Waals surface area contributed by atoms with E-state index in [9.17, 15) is 14.4 Å². The molecule has 7 heteroatoms. The zero-order valence-corrected chi connectivity index (χ0v) is 13.5. The highest BCUT2D eigenvalue weighted by molar-refractivity contribution is 5.99. The van der Waals surface area contributed by atoms with E-state index in [2.05, 4.69) is 5.32 Å². The summed E-state index contributed by atoms with van der Waals surface area (Å²) in [6.07, 6.45) is 4.09. The van der Waals surface area contributed by atoms with Gasteiger partial charge in [0.15, 0.2) is 0 Å². The molecular weight excluding hydrogens is 310 g/mol. The highest BCUT2D eigenvalue weighted by Gasteiger charge is 2.24. The van der Waals surface area contributed by atoms with Gasteiger partial charge in [-0.3, -0.25) is 19.6 Å². The number of carbonyl (C=O) groups excluding carboxylic acids is 3. The predicted octanol–water partition coefficient (Wildman–Crippen LogP) is 0.946. The summed E-state index contributed by atoms with van der Waals surface area (Å²) in [4.78, 5) is 36.7. The van der Waals surface area contributed by atoms with Crippen LogP contribution in [0.3, 0.4) is 0 Å². The number of hydroxylamine groups is 1. The molecule has 1 heterocycles. The van der Waals surface area contributed by atoms with Crippen molar-refractivity contribution in [3.63, 3.8) is 0 Å². The second-order valence-electron chi connectivity index (χ2n) is 5.66. The second kappa shape index (κ2) is 8.26. The molecule has 1 saturated heterocycles. The highest BCUT2D eigenvalue weighted by Crippen LogP contribution is 2.18. The molecule has 1 aliphatic heterocycles. The van der Waals surface area contributed by atoms with Gasteiger partial charge in [-0.1, -0.05) is 18.2 Å². The van der Waals surface area contributed by atoms with Crippen molar-refractivity contribution in [3.05, 3.63) is 41.5 Å². The molecule has 0 bridgehead atoms. The van der Waals surface area contributed by atoms with Crippen LogP contribution in [0.1, 0.15) is 35.7 Å². The number of nitrogens with zero attached hydrogens (tertiary/aromatic N) is 1. The number of piperidine rings is 1. The number of likely N-dealkylation sites (tertiary alicyclic amines) is 1. The lowest BCUT2D eigenvalue weighted by atomic mass is 10.0. The van der Waals surface area contributed by atoms with Crippen molar-refractivity contribution in [2.45, 2.75) is 25.8 Å². The van der Waals surface area contributed by atoms with Gasteiger partial charge in [-0.25, -0.2) is 5.48 Å². The molecule has 0 aromatic heterocycles. The Hall–Kier alpha value is -2.67. The van der Waals surface area contributed by atoms with Gasteiger partial charge >= 0.3 is 0 Å². The Balaban J connectivity index is 2.07. The first-order valence-corrected chi connectivity index (χ1v) is 7.79. The third-order valence-corrected chi connectivity index (χ3v) is 3.91. The minimum atomic E-state index is -0.659. The third-order valence-electron chi connectivity index (χ3n) is 3.91. The maximum absolute atomic E-state index is 12.7. The van der Waals surface area contributed by atoms with Gasteiger partial charge in [-0.05, 0) is 30.5 Å². The van der Waals surface area contributed by atoms with E-state index in [4.69, 9.17) is 5.21 Å². The van der Waals surface area contributed by atoms with Crippen molar-refractivity contribution in [1.29, 1.82) is 0 Å². The van der Waals surface area contributed by atoms with E-state index >= 15 is 0 Å². The zero-order chi connectivity index (χ0) is 17.5. The van der Waals surface area contributed by atoms with E-state index in [1.165, 1.54) is 18.5 Å². The number of carbonyl (C=O) groups is 3. The minimum absolute atomic E-state index is 0.0579. The van der Waals surface area contributed by atoms with Gasteiger partial charge in [0.05, 0.1) is 0 Å². The number of hydrogen-bond donors (Lipinski definition) is 3. The summed E-state index contributed by atoms with van der Waals surface area (Å²) in [7, 11) is 0. The third kappa shape index (κ3) is 4.66. The molecule has 3 amide bonds. The molecule has 1 aromatic rings. The Morgan fingerprint density at radius 1 is 1.21 bits per heavy atom. The fourth-order valence-electron chi connectivity index (χ4n) is 2.72. The topological polar surface area (TPSA) is 98.7 Å². The maximum Gasteiger partial charge on any atom is 0.267 e. The molecule has 1 fully saturated rings. The summed E-state index contributed by atoms with van der Waals surface area (Å²) < 4.78 is 0. The van der Waals surface area contributed by atoms with E-state index in [1.54, 1.807) is 29.2 Å². The minimum Gasteiger partial charge on any atom is -0.353 e. The van der Waals surface area contributed by atoms with Crippen molar-refractivity contribution >= 4 is 23.8 Å². The first-order valence-electron chi connectivity index (χ1n) is 7.79. The van der Waals surface area contributed by atoms with Crippen molar-refractivity contribution in [3.8, 4) is 0 Å². The lowest BCUT2D eigenvalue weighted by molar-refractivity contribution is -0.124. The average Bonchev–Trinajstić information content (AvgIpc) is 2.59. The van der Waals surface area contributed by atoms with Gasteiger partial charge < -0.3 is 10.2 Å². The zero-order valence-electron chi connectivity index (χ0n) is 13.5. The van der Waals surface area contributed by atoms with Crippen molar-refractivity contribution < 1.29 is 19.6 Å². The normalized spacial score (nSPS) is 15.3. The Labute approximate surface area is 140 Å². The van der Waals surface area contributed by atoms with Gasteiger partial charge in [0.1, 0.15) is 0 Å². The van der Waals surface area contributed by atoms with Crippen molar-refractivity contribution in [2.75, 3.05) is 13.1 Å². The van der Waals surface area contributed by atoms with Gasteiger partial charge in [-0.2, -0.15) is 0 Å². The summed E-state index contributed by atoms with van der Waals surface area (Å²) in [5.41, 5.74) is 2.62. The SMILES string of the molecule is CC(=O)NC1CCN(C(=O)c2ccccc2C=CC(=O)NO)CC1. The number of rotatable bonds is 4. The van der Waals surface area contributed by atoms with Crippen LogP contribution in [0.4, 0.5) is 0 Å². The summed E-state index contributed by atoms with van der Waals surface area (Å²) in [5.74, 6) is -0.827. The van der Waals surface area contributed by atoms with E-state index in [0.717, 1.165) is 18.9 Å². The lowest BCUT2D eigenvalue weighted by Gasteiger charge is -2.32. The van der Waals surface area contributed by atoms with Crippen LogP contribution in [-0.2, 0) is 9.59 Å². The van der Waals surface area contributed by atoms with Gasteiger partial charge in [0.2, 0.25) is 5.91 Å². The van der Waals surface area contributed by atoms with Crippen LogP contribution in [-0.4, -0.2) is 47.0 Å². The summed E-state index contributed by atoms with van der Waals surface area (Å²) >= 11 is 0. The van der Waals surface area contributed by atoms with Crippen molar-refractivity contribution in [2.24, 2.45) is 0 Å². The average molecular weight is 331 g/mol. The molecule has 1 aliphatic rings. The standard InChI is InChI=1S/C17H21N3O4/c1-12(21)18-14-8-10-20(11-9-14)17(23)15-5-3-2-4-13(15)6-7-16(22)19-24/h2-7,14,24H,8-11H2,1H3,(H,18,21)(H,19,22). The fraction of sp³-hybridized carbons (Fsp3) is 0.353. The lowest BCUT2D eigenvalue weighted by Crippen LogP contribution is -2.46. The molecule has 7 nitrogen and oxygen atoms in total. The van der Waals surface area contributed by atoms with E-state index < -0.39 is 5.91 Å². The molecule has 24 heavy (non-hydrogen) atoms. The monoisotopic (exact) mass is 331 g/mol. The highest BCUT2D eigenvalue weighted by atomic mass is 16.5. The second-order valence-corrected chi connectivity index (χ2v) is 5.66. The molecule has 0 saturated carbocycles. The van der Waals surface area contributed by atoms with Gasteiger partial charge in [0, 0.05) is 37.7 Å². The number of amides is 3. The van der Waals surface area contributed by atoms with Crippen LogP contribution < -0.4 is 10.8 Å². The predicted molar refractivity (Wildman–Crippen MR) is 88.1 cm³/mol. The van der Waals surface area contributed by atoms with Gasteiger partial charge in [-0.15, -0.1) is 0 Å².